The summed E-state index contributed by atoms with van der Waals surface area (Å²) >= 11 is 1.81. The van der Waals surface area contributed by atoms with Gasteiger partial charge in [-0.1, -0.05) is 0 Å². The molecule has 2 N–H and O–H groups in total. The Morgan fingerprint density at radius 3 is 3.06 bits per heavy atom. The number of anilines is 1. The van der Waals surface area contributed by atoms with Gasteiger partial charge >= 0.3 is 0 Å². The number of aromatic nitrogens is 3. The maximum atomic E-state index is 4.27. The monoisotopic (exact) mass is 234 g/mol. The number of hydrogen-bond acceptors (Lipinski definition) is 4. The highest BCUT2D eigenvalue weighted by atomic mass is 32.2. The van der Waals surface area contributed by atoms with Crippen molar-refractivity contribution < 1.29 is 0 Å². The van der Waals surface area contributed by atoms with Gasteiger partial charge in [0, 0.05) is 18.1 Å². The number of hydrogen-bond donors (Lipinski definition) is 2. The molecule has 0 saturated heterocycles. The van der Waals surface area contributed by atoms with Crippen LogP contribution in [0.3, 0.4) is 0 Å². The lowest BCUT2D eigenvalue weighted by molar-refractivity contribution is 0.974. The number of aromatic amines is 1. The molecule has 4 nitrogen and oxygen atoms in total. The molecule has 2 heterocycles. The SMILES string of the molecule is CSCc1ccnc(NCc2ccn[nH]2)c1. The van der Waals surface area contributed by atoms with Crippen molar-refractivity contribution in [1.29, 1.82) is 0 Å². The summed E-state index contributed by atoms with van der Waals surface area (Å²) in [4.78, 5) is 4.27. The average molecular weight is 234 g/mol. The normalized spacial score (nSPS) is 10.3. The van der Waals surface area contributed by atoms with E-state index in [0.717, 1.165) is 23.8 Å². The summed E-state index contributed by atoms with van der Waals surface area (Å²) in [7, 11) is 0. The molecule has 84 valence electrons. The fourth-order valence-electron chi connectivity index (χ4n) is 1.40. The summed E-state index contributed by atoms with van der Waals surface area (Å²) in [6, 6.07) is 6.06. The molecule has 5 heteroatoms. The molecule has 0 aromatic carbocycles. The highest BCUT2D eigenvalue weighted by molar-refractivity contribution is 7.97. The van der Waals surface area contributed by atoms with Gasteiger partial charge in [0.15, 0.2) is 0 Å². The van der Waals surface area contributed by atoms with E-state index in [1.54, 1.807) is 6.20 Å². The van der Waals surface area contributed by atoms with Crippen LogP contribution in [0.4, 0.5) is 5.82 Å². The van der Waals surface area contributed by atoms with Gasteiger partial charge in [0.25, 0.3) is 0 Å². The van der Waals surface area contributed by atoms with Crippen molar-refractivity contribution in [3.63, 3.8) is 0 Å². The third kappa shape index (κ3) is 3.00. The van der Waals surface area contributed by atoms with Crippen LogP contribution in [0, 0.1) is 0 Å². The van der Waals surface area contributed by atoms with E-state index in [4.69, 9.17) is 0 Å². The summed E-state index contributed by atoms with van der Waals surface area (Å²) in [5.41, 5.74) is 2.34. The Morgan fingerprint density at radius 2 is 2.31 bits per heavy atom. The van der Waals surface area contributed by atoms with Crippen molar-refractivity contribution in [2.45, 2.75) is 12.3 Å². The van der Waals surface area contributed by atoms with Crippen molar-refractivity contribution in [1.82, 2.24) is 15.2 Å². The van der Waals surface area contributed by atoms with Gasteiger partial charge in [-0.05, 0) is 30.0 Å². The molecule has 0 aliphatic rings. The summed E-state index contributed by atoms with van der Waals surface area (Å²) in [5, 5.41) is 10.0. The molecule has 0 atom stereocenters. The van der Waals surface area contributed by atoms with E-state index in [-0.39, 0.29) is 0 Å². The summed E-state index contributed by atoms with van der Waals surface area (Å²) in [5.74, 6) is 1.92. The van der Waals surface area contributed by atoms with Crippen molar-refractivity contribution >= 4 is 17.6 Å². The Morgan fingerprint density at radius 1 is 1.38 bits per heavy atom. The van der Waals surface area contributed by atoms with Crippen LogP contribution >= 0.6 is 11.8 Å². The third-order valence-corrected chi connectivity index (χ3v) is 2.78. The van der Waals surface area contributed by atoms with Gasteiger partial charge in [0.2, 0.25) is 0 Å². The van der Waals surface area contributed by atoms with E-state index in [1.807, 2.05) is 30.1 Å². The first-order chi connectivity index (χ1) is 7.88. The number of H-pyrrole nitrogens is 1. The summed E-state index contributed by atoms with van der Waals surface area (Å²) < 4.78 is 0. The minimum Gasteiger partial charge on any atom is -0.364 e. The van der Waals surface area contributed by atoms with Crippen LogP contribution in [-0.4, -0.2) is 21.4 Å². The van der Waals surface area contributed by atoms with Gasteiger partial charge in [-0.15, -0.1) is 0 Å². The summed E-state index contributed by atoms with van der Waals surface area (Å²) in [6.07, 6.45) is 5.67. The molecule has 2 rings (SSSR count). The minimum absolute atomic E-state index is 0.718. The van der Waals surface area contributed by atoms with E-state index in [2.05, 4.69) is 32.8 Å². The van der Waals surface area contributed by atoms with Crippen LogP contribution in [0.25, 0.3) is 0 Å². The molecule has 16 heavy (non-hydrogen) atoms. The topological polar surface area (TPSA) is 53.6 Å². The van der Waals surface area contributed by atoms with Crippen LogP contribution in [0.5, 0.6) is 0 Å². The van der Waals surface area contributed by atoms with Gasteiger partial charge < -0.3 is 5.32 Å². The van der Waals surface area contributed by atoms with Crippen molar-refractivity contribution in [2.24, 2.45) is 0 Å². The smallest absolute Gasteiger partial charge is 0.126 e. The second-order valence-electron chi connectivity index (χ2n) is 3.42. The molecule has 0 unspecified atom stereocenters. The van der Waals surface area contributed by atoms with Gasteiger partial charge in [0.05, 0.1) is 12.2 Å². The molecular formula is C11H14N4S. The van der Waals surface area contributed by atoms with E-state index >= 15 is 0 Å². The van der Waals surface area contributed by atoms with Gasteiger partial charge in [-0.3, -0.25) is 5.10 Å². The Hall–Kier alpha value is -1.49. The van der Waals surface area contributed by atoms with Gasteiger partial charge in [-0.2, -0.15) is 16.9 Å². The Labute approximate surface area is 98.9 Å². The fraction of sp³-hybridized carbons (Fsp3) is 0.273. The quantitative estimate of drug-likeness (QED) is 0.833. The predicted molar refractivity (Wildman–Crippen MR) is 67.4 cm³/mol. The molecule has 0 amide bonds. The van der Waals surface area contributed by atoms with Crippen LogP contribution in [0.2, 0.25) is 0 Å². The highest BCUT2D eigenvalue weighted by Crippen LogP contribution is 2.12. The molecule has 2 aromatic rings. The van der Waals surface area contributed by atoms with E-state index in [0.29, 0.717) is 0 Å². The Bertz CT molecular complexity index is 427. The second kappa shape index (κ2) is 5.55. The van der Waals surface area contributed by atoms with E-state index < -0.39 is 0 Å². The lowest BCUT2D eigenvalue weighted by atomic mass is 10.3. The number of rotatable bonds is 5. The first kappa shape index (κ1) is 11.0. The van der Waals surface area contributed by atoms with Crippen LogP contribution in [-0.2, 0) is 12.3 Å². The molecule has 0 bridgehead atoms. The number of nitrogens with one attached hydrogen (secondary N) is 2. The van der Waals surface area contributed by atoms with Crippen LogP contribution < -0.4 is 5.32 Å². The average Bonchev–Trinajstić information content (AvgIpc) is 2.80. The standard InChI is InChI=1S/C11H14N4S/c1-16-8-9-2-4-12-11(6-9)13-7-10-3-5-14-15-10/h2-6H,7-8H2,1H3,(H,12,13)(H,14,15). The summed E-state index contributed by atoms with van der Waals surface area (Å²) in [6.45, 7) is 0.718. The first-order valence-corrected chi connectivity index (χ1v) is 6.44. The molecule has 0 radical (unpaired) electrons. The zero-order chi connectivity index (χ0) is 11.2. The third-order valence-electron chi connectivity index (χ3n) is 2.15. The van der Waals surface area contributed by atoms with Crippen molar-refractivity contribution in [3.8, 4) is 0 Å². The Balaban J connectivity index is 1.96. The lowest BCUT2D eigenvalue weighted by Gasteiger charge is -2.05. The molecule has 0 aliphatic heterocycles. The lowest BCUT2D eigenvalue weighted by Crippen LogP contribution is -2.02. The van der Waals surface area contributed by atoms with Gasteiger partial charge in [0.1, 0.15) is 5.82 Å². The maximum absolute atomic E-state index is 4.27. The molecule has 0 saturated carbocycles. The molecule has 0 fully saturated rings. The van der Waals surface area contributed by atoms with E-state index in [9.17, 15) is 0 Å². The first-order valence-electron chi connectivity index (χ1n) is 5.04. The van der Waals surface area contributed by atoms with Crippen LogP contribution in [0.15, 0.2) is 30.6 Å². The van der Waals surface area contributed by atoms with Gasteiger partial charge in [-0.25, -0.2) is 4.98 Å². The van der Waals surface area contributed by atoms with Crippen LogP contribution in [0.1, 0.15) is 11.3 Å². The minimum atomic E-state index is 0.718. The molecular weight excluding hydrogens is 220 g/mol. The second-order valence-corrected chi connectivity index (χ2v) is 4.28. The zero-order valence-electron chi connectivity index (χ0n) is 9.10. The van der Waals surface area contributed by atoms with Crippen molar-refractivity contribution in [2.75, 3.05) is 11.6 Å². The predicted octanol–water partition coefficient (Wildman–Crippen LogP) is 2.28. The molecule has 0 spiro atoms. The highest BCUT2D eigenvalue weighted by Gasteiger charge is 1.98. The maximum Gasteiger partial charge on any atom is 0.126 e. The molecule has 2 aromatic heterocycles. The zero-order valence-corrected chi connectivity index (χ0v) is 9.92. The number of thioether (sulfide) groups is 1. The largest absolute Gasteiger partial charge is 0.364 e. The van der Waals surface area contributed by atoms with E-state index in [1.165, 1.54) is 5.56 Å². The number of nitrogens with zero attached hydrogens (tertiary/aromatic N) is 2. The number of pyridine rings is 1. The van der Waals surface area contributed by atoms with Crippen molar-refractivity contribution in [3.05, 3.63) is 41.9 Å². The Kier molecular flexibility index (Phi) is 3.82. The fourth-order valence-corrected chi connectivity index (χ4v) is 1.91. The molecule has 0 aliphatic carbocycles.